The Labute approximate surface area is 70.6 Å². The zero-order valence-corrected chi connectivity index (χ0v) is 6.92. The number of hydrogen-bond acceptors (Lipinski definition) is 2. The molecular weight excluding hydrogens is 158 g/mol. The first-order chi connectivity index (χ1) is 5.36. The van der Waals surface area contributed by atoms with Gasteiger partial charge in [0, 0.05) is 25.4 Å². The highest BCUT2D eigenvalue weighted by Crippen LogP contribution is 2.10. The molecule has 0 aliphatic carbocycles. The number of thiocarbonyl (C=S) groups is 1. The van der Waals surface area contributed by atoms with Gasteiger partial charge in [-0.3, -0.25) is 4.68 Å². The van der Waals surface area contributed by atoms with Crippen LogP contribution in [0.2, 0.25) is 0 Å². The third-order valence-electron chi connectivity index (χ3n) is 1.82. The summed E-state index contributed by atoms with van der Waals surface area (Å²) >= 11 is 5.06. The van der Waals surface area contributed by atoms with E-state index in [1.807, 2.05) is 16.9 Å². The van der Waals surface area contributed by atoms with Gasteiger partial charge in [-0.05, 0) is 6.07 Å². The number of nitrogens with zero attached hydrogens (tertiary/aromatic N) is 3. The summed E-state index contributed by atoms with van der Waals surface area (Å²) in [7, 11) is 0. The van der Waals surface area contributed by atoms with Crippen LogP contribution in [-0.2, 0) is 6.67 Å². The van der Waals surface area contributed by atoms with E-state index in [2.05, 4.69) is 10.00 Å². The Kier molecular flexibility index (Phi) is 1.62. The Morgan fingerprint density at radius 1 is 1.64 bits per heavy atom. The van der Waals surface area contributed by atoms with Crippen molar-refractivity contribution in [2.45, 2.75) is 13.1 Å². The molecule has 58 valence electrons. The van der Waals surface area contributed by atoms with Crippen molar-refractivity contribution in [2.24, 2.45) is 0 Å². The van der Waals surface area contributed by atoms with Gasteiger partial charge in [-0.15, -0.1) is 0 Å². The van der Waals surface area contributed by atoms with Crippen LogP contribution in [0.3, 0.4) is 0 Å². The fourth-order valence-electron chi connectivity index (χ4n) is 1.07. The lowest BCUT2D eigenvalue weighted by molar-refractivity contribution is 0.285. The van der Waals surface area contributed by atoms with Crippen LogP contribution in [0.15, 0.2) is 18.5 Å². The second-order valence-corrected chi connectivity index (χ2v) is 3.07. The molecule has 0 aromatic carbocycles. The summed E-state index contributed by atoms with van der Waals surface area (Å²) in [6, 6.07) is 1.92. The van der Waals surface area contributed by atoms with E-state index in [9.17, 15) is 0 Å². The SMILES string of the molecule is S=C1CCN1Cn1cccn1. The van der Waals surface area contributed by atoms with E-state index < -0.39 is 0 Å². The van der Waals surface area contributed by atoms with Crippen molar-refractivity contribution in [3.05, 3.63) is 18.5 Å². The highest BCUT2D eigenvalue weighted by molar-refractivity contribution is 7.80. The molecule has 0 radical (unpaired) electrons. The lowest BCUT2D eigenvalue weighted by atomic mass is 10.2. The van der Waals surface area contributed by atoms with Crippen molar-refractivity contribution in [1.82, 2.24) is 14.7 Å². The molecule has 0 amide bonds. The Morgan fingerprint density at radius 3 is 3.00 bits per heavy atom. The summed E-state index contributed by atoms with van der Waals surface area (Å²) in [4.78, 5) is 3.20. The van der Waals surface area contributed by atoms with E-state index in [4.69, 9.17) is 12.2 Å². The van der Waals surface area contributed by atoms with Crippen LogP contribution in [0.5, 0.6) is 0 Å². The molecule has 2 heterocycles. The van der Waals surface area contributed by atoms with Gasteiger partial charge in [-0.2, -0.15) is 5.10 Å². The van der Waals surface area contributed by atoms with Crippen LogP contribution < -0.4 is 0 Å². The van der Waals surface area contributed by atoms with Gasteiger partial charge in [0.15, 0.2) is 0 Å². The van der Waals surface area contributed by atoms with Gasteiger partial charge in [0.25, 0.3) is 0 Å². The zero-order chi connectivity index (χ0) is 7.68. The van der Waals surface area contributed by atoms with Crippen LogP contribution in [0.25, 0.3) is 0 Å². The van der Waals surface area contributed by atoms with Crippen molar-refractivity contribution >= 4 is 17.2 Å². The molecule has 2 rings (SSSR count). The highest BCUT2D eigenvalue weighted by atomic mass is 32.1. The monoisotopic (exact) mass is 167 g/mol. The van der Waals surface area contributed by atoms with E-state index in [0.717, 1.165) is 24.6 Å². The maximum absolute atomic E-state index is 5.06. The lowest BCUT2D eigenvalue weighted by Crippen LogP contribution is -2.42. The fourth-order valence-corrected chi connectivity index (χ4v) is 1.31. The Morgan fingerprint density at radius 2 is 2.55 bits per heavy atom. The van der Waals surface area contributed by atoms with Gasteiger partial charge >= 0.3 is 0 Å². The molecule has 0 unspecified atom stereocenters. The fraction of sp³-hybridized carbons (Fsp3) is 0.429. The standard InChI is InChI=1S/C7H9N3S/c11-7-2-5-9(7)6-10-4-1-3-8-10/h1,3-4H,2,5-6H2. The Hall–Kier alpha value is -0.900. The van der Waals surface area contributed by atoms with Crippen molar-refractivity contribution in [2.75, 3.05) is 6.54 Å². The number of rotatable bonds is 2. The molecule has 0 atom stereocenters. The molecule has 1 fully saturated rings. The predicted molar refractivity (Wildman–Crippen MR) is 46.1 cm³/mol. The van der Waals surface area contributed by atoms with Gasteiger partial charge in [-0.25, -0.2) is 0 Å². The maximum Gasteiger partial charge on any atom is 0.112 e. The third kappa shape index (κ3) is 1.26. The smallest absolute Gasteiger partial charge is 0.112 e. The highest BCUT2D eigenvalue weighted by Gasteiger charge is 2.19. The van der Waals surface area contributed by atoms with Gasteiger partial charge in [0.05, 0.1) is 4.99 Å². The van der Waals surface area contributed by atoms with Crippen LogP contribution in [0.1, 0.15) is 6.42 Å². The number of likely N-dealkylation sites (tertiary alicyclic amines) is 1. The Bertz CT molecular complexity index is 255. The largest absolute Gasteiger partial charge is 0.346 e. The lowest BCUT2D eigenvalue weighted by Gasteiger charge is -2.33. The molecular formula is C7H9N3S. The Balaban J connectivity index is 1.96. The normalized spacial score (nSPS) is 16.7. The van der Waals surface area contributed by atoms with Gasteiger partial charge in [0.2, 0.25) is 0 Å². The molecule has 0 bridgehead atoms. The molecule has 1 aliphatic rings. The topological polar surface area (TPSA) is 21.1 Å². The van der Waals surface area contributed by atoms with Crippen LogP contribution in [0.4, 0.5) is 0 Å². The van der Waals surface area contributed by atoms with Gasteiger partial charge < -0.3 is 4.90 Å². The summed E-state index contributed by atoms with van der Waals surface area (Å²) in [6.07, 6.45) is 4.79. The molecule has 1 saturated heterocycles. The van der Waals surface area contributed by atoms with Gasteiger partial charge in [-0.1, -0.05) is 12.2 Å². The number of hydrogen-bond donors (Lipinski definition) is 0. The first kappa shape index (κ1) is 6.79. The van der Waals surface area contributed by atoms with E-state index >= 15 is 0 Å². The minimum atomic E-state index is 0.811. The molecule has 4 heteroatoms. The summed E-state index contributed by atoms with van der Waals surface area (Å²) in [5, 5.41) is 4.09. The summed E-state index contributed by atoms with van der Waals surface area (Å²) in [5.74, 6) is 0. The molecule has 3 nitrogen and oxygen atoms in total. The molecule has 0 saturated carbocycles. The molecule has 0 spiro atoms. The summed E-state index contributed by atoms with van der Waals surface area (Å²) in [5.41, 5.74) is 0. The van der Waals surface area contributed by atoms with E-state index in [1.54, 1.807) is 6.20 Å². The molecule has 0 N–H and O–H groups in total. The second kappa shape index (κ2) is 2.62. The first-order valence-electron chi connectivity index (χ1n) is 3.61. The quantitative estimate of drug-likeness (QED) is 0.610. The van der Waals surface area contributed by atoms with Gasteiger partial charge in [0.1, 0.15) is 6.67 Å². The van der Waals surface area contributed by atoms with Crippen molar-refractivity contribution < 1.29 is 0 Å². The van der Waals surface area contributed by atoms with Crippen molar-refractivity contribution in [3.63, 3.8) is 0 Å². The molecule has 1 aromatic heterocycles. The number of aromatic nitrogens is 2. The van der Waals surface area contributed by atoms with Crippen molar-refractivity contribution in [3.8, 4) is 0 Å². The van der Waals surface area contributed by atoms with E-state index in [1.165, 1.54) is 0 Å². The molecule has 11 heavy (non-hydrogen) atoms. The van der Waals surface area contributed by atoms with Crippen LogP contribution in [-0.4, -0.2) is 26.2 Å². The van der Waals surface area contributed by atoms with E-state index in [-0.39, 0.29) is 0 Å². The van der Waals surface area contributed by atoms with E-state index in [0.29, 0.717) is 0 Å². The molecule has 1 aliphatic heterocycles. The molecule has 1 aromatic rings. The van der Waals surface area contributed by atoms with Crippen LogP contribution >= 0.6 is 12.2 Å². The summed E-state index contributed by atoms with van der Waals surface area (Å²) < 4.78 is 1.88. The average Bonchev–Trinajstić information content (AvgIpc) is 2.49. The summed E-state index contributed by atoms with van der Waals surface area (Å²) in [6.45, 7) is 1.89. The minimum absolute atomic E-state index is 0.811. The zero-order valence-electron chi connectivity index (χ0n) is 6.10. The second-order valence-electron chi connectivity index (χ2n) is 2.59. The predicted octanol–water partition coefficient (Wildman–Crippen LogP) is 0.874. The minimum Gasteiger partial charge on any atom is -0.346 e. The third-order valence-corrected chi connectivity index (χ3v) is 2.29. The van der Waals surface area contributed by atoms with Crippen molar-refractivity contribution in [1.29, 1.82) is 0 Å². The average molecular weight is 167 g/mol. The first-order valence-corrected chi connectivity index (χ1v) is 4.02. The van der Waals surface area contributed by atoms with Crippen LogP contribution in [0, 0.1) is 0 Å². The maximum atomic E-state index is 5.06.